The number of aromatic nitrogens is 2. The number of allylic oxidation sites excluding steroid dienone is 3. The lowest BCUT2D eigenvalue weighted by atomic mass is 9.81. The fourth-order valence-corrected chi connectivity index (χ4v) is 4.45. The van der Waals surface area contributed by atoms with Crippen molar-refractivity contribution in [2.24, 2.45) is 5.41 Å². The summed E-state index contributed by atoms with van der Waals surface area (Å²) < 4.78 is 5.74. The van der Waals surface area contributed by atoms with Gasteiger partial charge in [-0.25, -0.2) is 9.97 Å². The Kier molecular flexibility index (Phi) is 9.44. The summed E-state index contributed by atoms with van der Waals surface area (Å²) in [6.07, 6.45) is 5.08. The molecule has 7 nitrogen and oxygen atoms in total. The number of carboxylic acids is 1. The van der Waals surface area contributed by atoms with Crippen molar-refractivity contribution >= 4 is 35.2 Å². The van der Waals surface area contributed by atoms with Gasteiger partial charge >= 0.3 is 5.97 Å². The van der Waals surface area contributed by atoms with E-state index >= 15 is 0 Å². The lowest BCUT2D eigenvalue weighted by Gasteiger charge is -2.28. The summed E-state index contributed by atoms with van der Waals surface area (Å²) in [6, 6.07) is 5.68. The van der Waals surface area contributed by atoms with Crippen LogP contribution in [0.2, 0.25) is 5.02 Å². The zero-order chi connectivity index (χ0) is 28.1. The molecule has 0 aliphatic rings. The van der Waals surface area contributed by atoms with E-state index < -0.39 is 16.8 Å². The van der Waals surface area contributed by atoms with Crippen LogP contribution < -0.4 is 5.73 Å². The highest BCUT2D eigenvalue weighted by atomic mass is 35.5. The average molecular weight is 526 g/mol. The number of nitrogen functional groups attached to an aromatic ring is 1. The van der Waals surface area contributed by atoms with E-state index in [1.807, 2.05) is 38.1 Å². The molecule has 0 radical (unpaired) electrons. The van der Waals surface area contributed by atoms with Crippen LogP contribution in [0, 0.1) is 12.3 Å². The van der Waals surface area contributed by atoms with E-state index in [2.05, 4.69) is 11.6 Å². The molecule has 1 aromatic carbocycles. The smallest absolute Gasteiger partial charge is 0.309 e. The van der Waals surface area contributed by atoms with Crippen LogP contribution in [0.1, 0.15) is 76.2 Å². The number of nitrogens with zero attached hydrogens (tertiary/aromatic N) is 2. The van der Waals surface area contributed by atoms with Crippen molar-refractivity contribution < 1.29 is 19.4 Å². The number of rotatable bonds is 11. The third-order valence-electron chi connectivity index (χ3n) is 6.42. The normalized spacial score (nSPS) is 14.2. The van der Waals surface area contributed by atoms with Gasteiger partial charge in [0.1, 0.15) is 23.3 Å². The van der Waals surface area contributed by atoms with E-state index in [0.717, 1.165) is 23.1 Å². The van der Waals surface area contributed by atoms with Crippen molar-refractivity contribution in [3.63, 3.8) is 0 Å². The molecular weight excluding hydrogens is 490 g/mol. The van der Waals surface area contributed by atoms with E-state index in [4.69, 9.17) is 27.1 Å². The molecule has 37 heavy (non-hydrogen) atoms. The fourth-order valence-electron chi connectivity index (χ4n) is 4.25. The second-order valence-electron chi connectivity index (χ2n) is 9.94. The molecule has 0 spiro atoms. The van der Waals surface area contributed by atoms with E-state index in [9.17, 15) is 14.7 Å². The highest BCUT2D eigenvalue weighted by Gasteiger charge is 2.37. The fraction of sp³-hybridized carbons (Fsp3) is 0.379. The number of carbonyl (C=O) groups is 2. The number of hydrogen-bond acceptors (Lipinski definition) is 6. The molecule has 0 amide bonds. The van der Waals surface area contributed by atoms with Gasteiger partial charge in [0.2, 0.25) is 0 Å². The van der Waals surface area contributed by atoms with Gasteiger partial charge in [0.15, 0.2) is 5.82 Å². The number of aldehydes is 1. The van der Waals surface area contributed by atoms with Crippen LogP contribution in [0.3, 0.4) is 0 Å². The first-order valence-electron chi connectivity index (χ1n) is 12.0. The molecule has 2 rings (SSSR count). The minimum Gasteiger partial charge on any atom is -0.481 e. The summed E-state index contributed by atoms with van der Waals surface area (Å²) in [5.74, 6) is -0.216. The lowest BCUT2D eigenvalue weighted by molar-refractivity contribution is -0.146. The first-order valence-corrected chi connectivity index (χ1v) is 12.4. The topological polar surface area (TPSA) is 115 Å². The van der Waals surface area contributed by atoms with Crippen LogP contribution in [0.25, 0.3) is 5.57 Å². The number of carboxylic acid groups (broad SMARTS) is 1. The van der Waals surface area contributed by atoms with Gasteiger partial charge in [0, 0.05) is 21.9 Å². The number of anilines is 1. The van der Waals surface area contributed by atoms with Gasteiger partial charge in [-0.2, -0.15) is 0 Å². The van der Waals surface area contributed by atoms with Crippen molar-refractivity contribution in [1.29, 1.82) is 0 Å². The number of ether oxygens (including phenoxy) is 1. The molecule has 2 aromatic rings. The Hall–Kier alpha value is -3.45. The van der Waals surface area contributed by atoms with E-state index in [1.165, 1.54) is 6.26 Å². The monoisotopic (exact) mass is 525 g/mol. The number of halogens is 1. The van der Waals surface area contributed by atoms with Crippen LogP contribution in [0.4, 0.5) is 5.82 Å². The summed E-state index contributed by atoms with van der Waals surface area (Å²) in [5.41, 5.74) is 8.54. The van der Waals surface area contributed by atoms with Gasteiger partial charge in [-0.05, 0) is 83.2 Å². The van der Waals surface area contributed by atoms with Crippen molar-refractivity contribution in [2.45, 2.75) is 66.7 Å². The van der Waals surface area contributed by atoms with Gasteiger partial charge in [-0.1, -0.05) is 37.2 Å². The minimum absolute atomic E-state index is 0.123. The molecule has 198 valence electrons. The molecule has 1 unspecified atom stereocenters. The second-order valence-corrected chi connectivity index (χ2v) is 10.4. The summed E-state index contributed by atoms with van der Waals surface area (Å²) in [6.45, 7) is 16.3. The van der Waals surface area contributed by atoms with E-state index in [-0.39, 0.29) is 18.0 Å². The second kappa shape index (κ2) is 11.7. The Balaban J connectivity index is 2.47. The molecule has 0 aliphatic heterocycles. The molecule has 0 saturated carbocycles. The standard InChI is InChI=1S/C29H36ClN3O4/c1-9-20-13-21(30)11-12-23(20)22(10-2)26-32-18(4)24(25(31)33-26)29(8,16-34)19(5)37-15-17(3)14-28(6,7)27(35)36/h10-13,15-16H,5,9,14H2,1-4,6-8H3,(H,35,36)(H2,31,32,33)/b17-15+,22-10+. The van der Waals surface area contributed by atoms with Crippen molar-refractivity contribution in [2.75, 3.05) is 5.73 Å². The average Bonchev–Trinajstić information content (AvgIpc) is 2.82. The van der Waals surface area contributed by atoms with Crippen LogP contribution >= 0.6 is 11.6 Å². The van der Waals surface area contributed by atoms with Crippen molar-refractivity contribution in [1.82, 2.24) is 9.97 Å². The lowest BCUT2D eigenvalue weighted by Crippen LogP contribution is -2.30. The maximum Gasteiger partial charge on any atom is 0.309 e. The first kappa shape index (κ1) is 29.8. The largest absolute Gasteiger partial charge is 0.481 e. The molecular formula is C29H36ClN3O4. The molecule has 1 aromatic heterocycles. The van der Waals surface area contributed by atoms with Gasteiger partial charge in [0.05, 0.1) is 11.7 Å². The Labute approximate surface area is 224 Å². The minimum atomic E-state index is -1.34. The van der Waals surface area contributed by atoms with Crippen LogP contribution in [0.15, 0.2) is 48.4 Å². The summed E-state index contributed by atoms with van der Waals surface area (Å²) in [7, 11) is 0. The van der Waals surface area contributed by atoms with Crippen LogP contribution in [0.5, 0.6) is 0 Å². The molecule has 0 aliphatic carbocycles. The van der Waals surface area contributed by atoms with Crippen LogP contribution in [-0.4, -0.2) is 27.3 Å². The molecule has 0 bridgehead atoms. The van der Waals surface area contributed by atoms with E-state index in [1.54, 1.807) is 34.6 Å². The molecule has 8 heteroatoms. The predicted molar refractivity (Wildman–Crippen MR) is 148 cm³/mol. The summed E-state index contributed by atoms with van der Waals surface area (Å²) >= 11 is 6.19. The Morgan fingerprint density at radius 2 is 1.92 bits per heavy atom. The number of nitrogens with two attached hydrogens (primary N) is 1. The molecule has 1 atom stereocenters. The van der Waals surface area contributed by atoms with Crippen molar-refractivity contribution in [3.05, 3.63) is 81.7 Å². The summed E-state index contributed by atoms with van der Waals surface area (Å²) in [5, 5.41) is 10.0. The maximum absolute atomic E-state index is 12.4. The third kappa shape index (κ3) is 6.46. The first-order chi connectivity index (χ1) is 17.2. The van der Waals surface area contributed by atoms with Crippen LogP contribution in [-0.2, 0) is 26.2 Å². The predicted octanol–water partition coefficient (Wildman–Crippen LogP) is 6.43. The van der Waals surface area contributed by atoms with Gasteiger partial charge in [-0.15, -0.1) is 0 Å². The van der Waals surface area contributed by atoms with Gasteiger partial charge in [-0.3, -0.25) is 4.79 Å². The van der Waals surface area contributed by atoms with Crippen molar-refractivity contribution in [3.8, 4) is 0 Å². The van der Waals surface area contributed by atoms with Gasteiger partial charge < -0.3 is 20.4 Å². The highest BCUT2D eigenvalue weighted by molar-refractivity contribution is 6.30. The third-order valence-corrected chi connectivity index (χ3v) is 6.66. The SMILES string of the molecule is C=C(O/C=C(\C)CC(C)(C)C(=O)O)C(C)(C=O)c1c(C)nc(/C(=C/C)c2ccc(Cl)cc2CC)nc1N. The number of benzene rings is 1. The Bertz CT molecular complexity index is 1260. The number of aliphatic carboxylic acids is 1. The molecule has 0 saturated heterocycles. The number of carbonyl (C=O) groups excluding carboxylic acids is 1. The summed E-state index contributed by atoms with van der Waals surface area (Å²) in [4.78, 5) is 33.1. The number of aryl methyl sites for hydroxylation is 2. The van der Waals surface area contributed by atoms with E-state index in [0.29, 0.717) is 34.0 Å². The maximum atomic E-state index is 12.4. The highest BCUT2D eigenvalue weighted by Crippen LogP contribution is 2.37. The number of hydrogen-bond donors (Lipinski definition) is 2. The molecule has 0 fully saturated rings. The zero-order valence-electron chi connectivity index (χ0n) is 22.6. The quantitative estimate of drug-likeness (QED) is 0.256. The Morgan fingerprint density at radius 3 is 2.43 bits per heavy atom. The Morgan fingerprint density at radius 1 is 1.27 bits per heavy atom. The van der Waals surface area contributed by atoms with Gasteiger partial charge in [0.25, 0.3) is 0 Å². The zero-order valence-corrected chi connectivity index (χ0v) is 23.4. The molecule has 1 heterocycles. The molecule has 3 N–H and O–H groups in total.